The van der Waals surface area contributed by atoms with Gasteiger partial charge in [0.05, 0.1) is 0 Å². The van der Waals surface area contributed by atoms with Crippen LogP contribution >= 0.6 is 0 Å². The molecule has 0 aliphatic rings. The Balaban J connectivity index is 2.86. The Morgan fingerprint density at radius 3 is 2.60 bits per heavy atom. The number of fused-ring (bicyclic) bond motifs is 1. The van der Waals surface area contributed by atoms with E-state index in [-0.39, 0.29) is 16.9 Å². The molecule has 2 aromatic heterocycles. The minimum absolute atomic E-state index is 0.257. The summed E-state index contributed by atoms with van der Waals surface area (Å²) in [5, 5.41) is 18.0. The lowest BCUT2D eigenvalue weighted by molar-refractivity contribution is 0.0650. The number of nitrogens with zero attached hydrogens (tertiary/aromatic N) is 1. The molecule has 2 aromatic rings. The summed E-state index contributed by atoms with van der Waals surface area (Å²) in [6.07, 6.45) is 1.45. The minimum atomic E-state index is -1.31. The molecule has 0 aromatic carbocycles. The lowest BCUT2D eigenvalue weighted by Gasteiger charge is -1.92. The van der Waals surface area contributed by atoms with Crippen LogP contribution in [0.2, 0.25) is 0 Å². The quantitative estimate of drug-likeness (QED) is 0.678. The Morgan fingerprint density at radius 2 is 2.00 bits per heavy atom. The van der Waals surface area contributed by atoms with Crippen LogP contribution in [0.3, 0.4) is 0 Å². The van der Waals surface area contributed by atoms with E-state index in [9.17, 15) is 9.59 Å². The van der Waals surface area contributed by atoms with E-state index in [4.69, 9.17) is 10.2 Å². The molecule has 6 nitrogen and oxygen atoms in total. The SMILES string of the molecule is O=C(O)c1[nH]c2ncccc2c1C(=O)O. The molecule has 2 rings (SSSR count). The molecule has 6 heteroatoms. The highest BCUT2D eigenvalue weighted by molar-refractivity contribution is 6.10. The third kappa shape index (κ3) is 1.32. The van der Waals surface area contributed by atoms with Crippen molar-refractivity contribution in [1.29, 1.82) is 0 Å². The minimum Gasteiger partial charge on any atom is -0.478 e. The van der Waals surface area contributed by atoms with Crippen LogP contribution in [0.1, 0.15) is 20.8 Å². The Morgan fingerprint density at radius 1 is 1.27 bits per heavy atom. The Bertz CT molecular complexity index is 558. The van der Waals surface area contributed by atoms with Gasteiger partial charge in [0.1, 0.15) is 16.9 Å². The first kappa shape index (κ1) is 9.20. The molecule has 0 radical (unpaired) electrons. The van der Waals surface area contributed by atoms with Crippen molar-refractivity contribution in [3.63, 3.8) is 0 Å². The molecule has 0 saturated heterocycles. The number of carbonyl (C=O) groups is 2. The van der Waals surface area contributed by atoms with Crippen LogP contribution in [0, 0.1) is 0 Å². The van der Waals surface area contributed by atoms with Gasteiger partial charge in [-0.25, -0.2) is 14.6 Å². The zero-order chi connectivity index (χ0) is 11.0. The Kier molecular flexibility index (Phi) is 1.89. The summed E-state index contributed by atoms with van der Waals surface area (Å²) in [6, 6.07) is 3.06. The number of carboxylic acid groups (broad SMARTS) is 2. The van der Waals surface area contributed by atoms with E-state index in [2.05, 4.69) is 9.97 Å². The van der Waals surface area contributed by atoms with Gasteiger partial charge in [0, 0.05) is 11.6 Å². The van der Waals surface area contributed by atoms with E-state index in [1.807, 2.05) is 0 Å². The smallest absolute Gasteiger partial charge is 0.353 e. The predicted molar refractivity (Wildman–Crippen MR) is 50.0 cm³/mol. The van der Waals surface area contributed by atoms with E-state index in [1.54, 1.807) is 6.07 Å². The molecule has 76 valence electrons. The first-order valence-corrected chi connectivity index (χ1v) is 4.04. The van der Waals surface area contributed by atoms with Gasteiger partial charge in [-0.3, -0.25) is 0 Å². The molecule has 0 aliphatic heterocycles. The maximum atomic E-state index is 10.9. The lowest BCUT2D eigenvalue weighted by Crippen LogP contribution is -2.06. The standard InChI is InChI=1S/C9H6N2O4/c12-8(13)5-4-2-1-3-10-7(4)11-6(5)9(14)15/h1-3H,(H,10,11)(H,12,13)(H,14,15). The van der Waals surface area contributed by atoms with E-state index in [0.29, 0.717) is 5.39 Å². The van der Waals surface area contributed by atoms with Gasteiger partial charge in [0.2, 0.25) is 0 Å². The fourth-order valence-corrected chi connectivity index (χ4v) is 1.40. The number of rotatable bonds is 2. The monoisotopic (exact) mass is 206 g/mol. The van der Waals surface area contributed by atoms with Gasteiger partial charge in [-0.15, -0.1) is 0 Å². The van der Waals surface area contributed by atoms with E-state index in [0.717, 1.165) is 0 Å². The number of carboxylic acids is 2. The molecule has 0 spiro atoms. The van der Waals surface area contributed by atoms with Crippen LogP contribution in [-0.4, -0.2) is 32.1 Å². The number of aromatic nitrogens is 2. The molecule has 2 heterocycles. The molecular formula is C9H6N2O4. The second kappa shape index (κ2) is 3.09. The Labute approximate surface area is 83.2 Å². The van der Waals surface area contributed by atoms with Gasteiger partial charge in [0.15, 0.2) is 0 Å². The molecule has 0 atom stereocenters. The van der Waals surface area contributed by atoms with Crippen molar-refractivity contribution in [2.75, 3.05) is 0 Å². The molecule has 3 N–H and O–H groups in total. The van der Waals surface area contributed by atoms with Gasteiger partial charge in [-0.05, 0) is 12.1 Å². The summed E-state index contributed by atoms with van der Waals surface area (Å²) < 4.78 is 0. The van der Waals surface area contributed by atoms with Crippen LogP contribution in [-0.2, 0) is 0 Å². The van der Waals surface area contributed by atoms with Gasteiger partial charge in [-0.2, -0.15) is 0 Å². The Hall–Kier alpha value is -2.37. The lowest BCUT2D eigenvalue weighted by atomic mass is 10.1. The van der Waals surface area contributed by atoms with Crippen molar-refractivity contribution >= 4 is 23.0 Å². The predicted octanol–water partition coefficient (Wildman–Crippen LogP) is 0.959. The number of aromatic carboxylic acids is 2. The van der Waals surface area contributed by atoms with Crippen molar-refractivity contribution in [3.05, 3.63) is 29.6 Å². The fourth-order valence-electron chi connectivity index (χ4n) is 1.40. The maximum absolute atomic E-state index is 10.9. The van der Waals surface area contributed by atoms with Crippen LogP contribution in [0.15, 0.2) is 18.3 Å². The number of nitrogens with one attached hydrogen (secondary N) is 1. The largest absolute Gasteiger partial charge is 0.478 e. The highest BCUT2D eigenvalue weighted by atomic mass is 16.4. The second-order valence-electron chi connectivity index (χ2n) is 2.88. The number of hydrogen-bond acceptors (Lipinski definition) is 3. The molecule has 15 heavy (non-hydrogen) atoms. The van der Waals surface area contributed by atoms with Crippen LogP contribution in [0.25, 0.3) is 11.0 Å². The van der Waals surface area contributed by atoms with Crippen molar-refractivity contribution in [3.8, 4) is 0 Å². The summed E-state index contributed by atoms with van der Waals surface area (Å²) in [7, 11) is 0. The fraction of sp³-hybridized carbons (Fsp3) is 0. The molecule has 0 aliphatic carbocycles. The topological polar surface area (TPSA) is 103 Å². The normalized spacial score (nSPS) is 10.4. The van der Waals surface area contributed by atoms with Gasteiger partial charge >= 0.3 is 11.9 Å². The second-order valence-corrected chi connectivity index (χ2v) is 2.88. The number of aromatic amines is 1. The summed E-state index contributed by atoms with van der Waals surface area (Å²) >= 11 is 0. The first-order valence-electron chi connectivity index (χ1n) is 4.04. The van der Waals surface area contributed by atoms with Gasteiger partial charge < -0.3 is 15.2 Å². The van der Waals surface area contributed by atoms with Crippen LogP contribution in [0.5, 0.6) is 0 Å². The van der Waals surface area contributed by atoms with Gasteiger partial charge in [0.25, 0.3) is 0 Å². The summed E-state index contributed by atoms with van der Waals surface area (Å²) in [4.78, 5) is 28.0. The van der Waals surface area contributed by atoms with Crippen molar-refractivity contribution in [2.45, 2.75) is 0 Å². The average Bonchev–Trinajstić information content (AvgIpc) is 2.56. The molecule has 0 amide bonds. The van der Waals surface area contributed by atoms with Crippen molar-refractivity contribution < 1.29 is 19.8 Å². The number of hydrogen-bond donors (Lipinski definition) is 3. The van der Waals surface area contributed by atoms with Gasteiger partial charge in [-0.1, -0.05) is 0 Å². The number of H-pyrrole nitrogens is 1. The zero-order valence-corrected chi connectivity index (χ0v) is 7.39. The highest BCUT2D eigenvalue weighted by Gasteiger charge is 2.22. The highest BCUT2D eigenvalue weighted by Crippen LogP contribution is 2.20. The van der Waals surface area contributed by atoms with E-state index >= 15 is 0 Å². The molecule has 0 saturated carbocycles. The van der Waals surface area contributed by atoms with Crippen molar-refractivity contribution in [2.24, 2.45) is 0 Å². The zero-order valence-electron chi connectivity index (χ0n) is 7.39. The van der Waals surface area contributed by atoms with E-state index in [1.165, 1.54) is 12.3 Å². The molecular weight excluding hydrogens is 200 g/mol. The molecule has 0 bridgehead atoms. The summed E-state index contributed by atoms with van der Waals surface area (Å²) in [6.45, 7) is 0. The first-order chi connectivity index (χ1) is 7.11. The summed E-state index contributed by atoms with van der Waals surface area (Å²) in [5.41, 5.74) is -0.353. The average molecular weight is 206 g/mol. The third-order valence-electron chi connectivity index (χ3n) is 2.00. The van der Waals surface area contributed by atoms with Crippen LogP contribution in [0.4, 0.5) is 0 Å². The maximum Gasteiger partial charge on any atom is 0.353 e. The van der Waals surface area contributed by atoms with Crippen LogP contribution < -0.4 is 0 Å². The van der Waals surface area contributed by atoms with Crippen molar-refractivity contribution in [1.82, 2.24) is 9.97 Å². The molecule has 0 fully saturated rings. The third-order valence-corrected chi connectivity index (χ3v) is 2.00. The molecule has 0 unspecified atom stereocenters. The number of pyridine rings is 1. The van der Waals surface area contributed by atoms with E-state index < -0.39 is 11.9 Å². The summed E-state index contributed by atoms with van der Waals surface area (Å²) in [5.74, 6) is -2.60.